The van der Waals surface area contributed by atoms with Gasteiger partial charge in [-0.2, -0.15) is 0 Å². The Morgan fingerprint density at radius 1 is 0.920 bits per heavy atom. The molecule has 122 valence electrons. The third-order valence-corrected chi connectivity index (χ3v) is 4.10. The molecular weight excluding hydrogens is 313 g/mol. The van der Waals surface area contributed by atoms with Crippen LogP contribution in [0.4, 0.5) is 10.1 Å². The van der Waals surface area contributed by atoms with Gasteiger partial charge in [0.05, 0.1) is 23.2 Å². The van der Waals surface area contributed by atoms with Gasteiger partial charge in [-0.1, -0.05) is 60.7 Å². The molecule has 4 heteroatoms. The molecule has 0 saturated carbocycles. The van der Waals surface area contributed by atoms with Crippen LogP contribution < -0.4 is 0 Å². The maximum absolute atomic E-state index is 14.4. The third kappa shape index (κ3) is 2.94. The SMILES string of the molecule is Cn1cnc2c(F)cc(N=C(c3ccccc3)c3ccccc3)cc21. The fourth-order valence-corrected chi connectivity index (χ4v) is 2.86. The van der Waals surface area contributed by atoms with E-state index in [0.717, 1.165) is 22.4 Å². The zero-order chi connectivity index (χ0) is 17.2. The van der Waals surface area contributed by atoms with Gasteiger partial charge in [0.25, 0.3) is 0 Å². The van der Waals surface area contributed by atoms with Crippen molar-refractivity contribution in [3.8, 4) is 0 Å². The van der Waals surface area contributed by atoms with Gasteiger partial charge in [-0.15, -0.1) is 0 Å². The number of imidazole rings is 1. The van der Waals surface area contributed by atoms with Gasteiger partial charge < -0.3 is 4.57 Å². The molecule has 0 bridgehead atoms. The van der Waals surface area contributed by atoms with Crippen LogP contribution in [-0.2, 0) is 7.05 Å². The van der Waals surface area contributed by atoms with E-state index in [1.165, 1.54) is 6.07 Å². The molecule has 0 aliphatic heterocycles. The lowest BCUT2D eigenvalue weighted by molar-refractivity contribution is 0.637. The first-order valence-electron chi connectivity index (χ1n) is 8.02. The Hall–Kier alpha value is -3.27. The summed E-state index contributed by atoms with van der Waals surface area (Å²) < 4.78 is 16.2. The number of fused-ring (bicyclic) bond motifs is 1. The molecule has 0 N–H and O–H groups in total. The summed E-state index contributed by atoms with van der Waals surface area (Å²) in [5, 5.41) is 0. The molecule has 4 aromatic rings. The van der Waals surface area contributed by atoms with E-state index in [4.69, 9.17) is 4.99 Å². The zero-order valence-corrected chi connectivity index (χ0v) is 13.7. The van der Waals surface area contributed by atoms with Crippen LogP contribution in [0.3, 0.4) is 0 Å². The van der Waals surface area contributed by atoms with Gasteiger partial charge in [-0.25, -0.2) is 14.4 Å². The van der Waals surface area contributed by atoms with E-state index < -0.39 is 0 Å². The van der Waals surface area contributed by atoms with Crippen molar-refractivity contribution in [3.63, 3.8) is 0 Å². The van der Waals surface area contributed by atoms with E-state index in [1.54, 1.807) is 10.9 Å². The Labute approximate surface area is 145 Å². The molecule has 0 spiro atoms. The van der Waals surface area contributed by atoms with Crippen LogP contribution in [0.15, 0.2) is 84.1 Å². The molecule has 1 heterocycles. The summed E-state index contributed by atoms with van der Waals surface area (Å²) in [6.07, 6.45) is 1.61. The minimum absolute atomic E-state index is 0.363. The van der Waals surface area contributed by atoms with E-state index in [2.05, 4.69) is 4.98 Å². The van der Waals surface area contributed by atoms with Gasteiger partial charge in [0.1, 0.15) is 5.52 Å². The summed E-state index contributed by atoms with van der Waals surface area (Å²) in [4.78, 5) is 8.86. The van der Waals surface area contributed by atoms with Crippen molar-refractivity contribution >= 4 is 22.4 Å². The summed E-state index contributed by atoms with van der Waals surface area (Å²) >= 11 is 0. The Morgan fingerprint density at radius 3 is 2.12 bits per heavy atom. The van der Waals surface area contributed by atoms with Crippen LogP contribution in [0.1, 0.15) is 11.1 Å². The van der Waals surface area contributed by atoms with Crippen LogP contribution in [-0.4, -0.2) is 15.3 Å². The van der Waals surface area contributed by atoms with Crippen molar-refractivity contribution in [2.24, 2.45) is 12.0 Å². The molecule has 3 nitrogen and oxygen atoms in total. The Kier molecular flexibility index (Phi) is 3.86. The number of hydrogen-bond donors (Lipinski definition) is 0. The fraction of sp³-hybridized carbons (Fsp3) is 0.0476. The van der Waals surface area contributed by atoms with Crippen LogP contribution in [0.5, 0.6) is 0 Å². The number of nitrogens with zero attached hydrogens (tertiary/aromatic N) is 3. The summed E-state index contributed by atoms with van der Waals surface area (Å²) in [5.74, 6) is -0.364. The highest BCUT2D eigenvalue weighted by Crippen LogP contribution is 2.25. The number of aryl methyl sites for hydroxylation is 1. The summed E-state index contributed by atoms with van der Waals surface area (Å²) in [5.41, 5.74) is 4.43. The second-order valence-electron chi connectivity index (χ2n) is 5.84. The topological polar surface area (TPSA) is 30.2 Å². The van der Waals surface area contributed by atoms with Crippen molar-refractivity contribution < 1.29 is 4.39 Å². The second kappa shape index (κ2) is 6.32. The smallest absolute Gasteiger partial charge is 0.153 e. The summed E-state index contributed by atoms with van der Waals surface area (Å²) in [6.45, 7) is 0. The molecule has 0 amide bonds. The van der Waals surface area contributed by atoms with Gasteiger partial charge in [0, 0.05) is 24.2 Å². The van der Waals surface area contributed by atoms with E-state index >= 15 is 0 Å². The van der Waals surface area contributed by atoms with E-state index in [0.29, 0.717) is 11.2 Å². The number of hydrogen-bond acceptors (Lipinski definition) is 2. The van der Waals surface area contributed by atoms with E-state index in [1.807, 2.05) is 73.8 Å². The summed E-state index contributed by atoms with van der Waals surface area (Å²) in [7, 11) is 1.84. The van der Waals surface area contributed by atoms with Crippen molar-refractivity contribution in [2.75, 3.05) is 0 Å². The lowest BCUT2D eigenvalue weighted by Crippen LogP contribution is -2.02. The number of rotatable bonds is 3. The van der Waals surface area contributed by atoms with Crippen molar-refractivity contribution in [1.29, 1.82) is 0 Å². The second-order valence-corrected chi connectivity index (χ2v) is 5.84. The van der Waals surface area contributed by atoms with Crippen LogP contribution >= 0.6 is 0 Å². The number of aliphatic imine (C=N–C) groups is 1. The number of benzene rings is 3. The Balaban J connectivity index is 1.92. The van der Waals surface area contributed by atoms with Crippen molar-refractivity contribution in [1.82, 2.24) is 9.55 Å². The van der Waals surface area contributed by atoms with Crippen molar-refractivity contribution in [3.05, 3.63) is 96.1 Å². The first kappa shape index (κ1) is 15.3. The van der Waals surface area contributed by atoms with Gasteiger partial charge in [0.2, 0.25) is 0 Å². The molecule has 0 radical (unpaired) electrons. The number of halogens is 1. The summed E-state index contributed by atoms with van der Waals surface area (Å²) in [6, 6.07) is 23.1. The molecule has 3 aromatic carbocycles. The molecule has 1 aromatic heterocycles. The standard InChI is InChI=1S/C21H16FN3/c1-25-14-23-21-18(22)12-17(13-19(21)25)24-20(15-8-4-2-5-9-15)16-10-6-3-7-11-16/h2-14H,1H3. The van der Waals surface area contributed by atoms with Crippen LogP contribution in [0, 0.1) is 5.82 Å². The highest BCUT2D eigenvalue weighted by atomic mass is 19.1. The average molecular weight is 329 g/mol. The minimum Gasteiger partial charge on any atom is -0.334 e. The van der Waals surface area contributed by atoms with E-state index in [-0.39, 0.29) is 5.82 Å². The zero-order valence-electron chi connectivity index (χ0n) is 13.7. The van der Waals surface area contributed by atoms with E-state index in [9.17, 15) is 4.39 Å². The predicted octanol–water partition coefficient (Wildman–Crippen LogP) is 4.88. The largest absolute Gasteiger partial charge is 0.334 e. The lowest BCUT2D eigenvalue weighted by Gasteiger charge is -2.08. The normalized spacial score (nSPS) is 10.8. The van der Waals surface area contributed by atoms with Gasteiger partial charge in [-0.05, 0) is 6.07 Å². The maximum atomic E-state index is 14.4. The quantitative estimate of drug-likeness (QED) is 0.493. The fourth-order valence-electron chi connectivity index (χ4n) is 2.86. The van der Waals surface area contributed by atoms with Gasteiger partial charge >= 0.3 is 0 Å². The van der Waals surface area contributed by atoms with Crippen molar-refractivity contribution in [2.45, 2.75) is 0 Å². The maximum Gasteiger partial charge on any atom is 0.153 e. The molecule has 0 aliphatic carbocycles. The monoisotopic (exact) mass is 329 g/mol. The molecule has 0 aliphatic rings. The molecule has 0 atom stereocenters. The first-order chi connectivity index (χ1) is 12.2. The highest BCUT2D eigenvalue weighted by molar-refractivity contribution is 6.14. The lowest BCUT2D eigenvalue weighted by atomic mass is 10.0. The van der Waals surface area contributed by atoms with Gasteiger partial charge in [0.15, 0.2) is 5.82 Å². The van der Waals surface area contributed by atoms with Crippen LogP contribution in [0.25, 0.3) is 11.0 Å². The highest BCUT2D eigenvalue weighted by Gasteiger charge is 2.11. The van der Waals surface area contributed by atoms with Crippen LogP contribution in [0.2, 0.25) is 0 Å². The predicted molar refractivity (Wildman–Crippen MR) is 98.9 cm³/mol. The molecule has 4 rings (SSSR count). The number of aromatic nitrogens is 2. The molecule has 0 fully saturated rings. The third-order valence-electron chi connectivity index (χ3n) is 4.10. The minimum atomic E-state index is -0.364. The Morgan fingerprint density at radius 2 is 1.52 bits per heavy atom. The average Bonchev–Trinajstić information content (AvgIpc) is 3.03. The Bertz CT molecular complexity index is 1010. The molecule has 0 unspecified atom stereocenters. The molecular formula is C21H16FN3. The molecule has 0 saturated heterocycles. The first-order valence-corrected chi connectivity index (χ1v) is 8.02. The van der Waals surface area contributed by atoms with Gasteiger partial charge in [-0.3, -0.25) is 0 Å². The molecule has 25 heavy (non-hydrogen) atoms.